The molecule has 0 bridgehead atoms. The van der Waals surface area contributed by atoms with Gasteiger partial charge in [0.2, 0.25) is 0 Å². The second-order valence-electron chi connectivity index (χ2n) is 4.98. The highest BCUT2D eigenvalue weighted by molar-refractivity contribution is 6.14. The SMILES string of the molecule is COC(=O)C(=C/C(=O)c1ccn(C)c1)/C(=C\N(C)C)C(=O)OC. The summed E-state index contributed by atoms with van der Waals surface area (Å²) >= 11 is 0. The number of carbonyl (C=O) groups is 3. The van der Waals surface area contributed by atoms with Crippen molar-refractivity contribution in [3.8, 4) is 0 Å². The zero-order valence-electron chi connectivity index (χ0n) is 13.8. The third kappa shape index (κ3) is 4.84. The number of ketones is 1. The first-order chi connectivity index (χ1) is 10.8. The smallest absolute Gasteiger partial charge is 0.340 e. The van der Waals surface area contributed by atoms with Gasteiger partial charge >= 0.3 is 11.9 Å². The number of hydrogen-bond donors (Lipinski definition) is 0. The van der Waals surface area contributed by atoms with Gasteiger partial charge in [0.05, 0.1) is 25.4 Å². The van der Waals surface area contributed by atoms with Crippen molar-refractivity contribution in [1.29, 1.82) is 0 Å². The normalized spacial score (nSPS) is 11.9. The van der Waals surface area contributed by atoms with Crippen LogP contribution in [0.2, 0.25) is 0 Å². The summed E-state index contributed by atoms with van der Waals surface area (Å²) in [6.07, 6.45) is 5.79. The third-order valence-electron chi connectivity index (χ3n) is 2.88. The zero-order valence-corrected chi connectivity index (χ0v) is 13.8. The molecule has 1 aromatic rings. The molecule has 0 unspecified atom stereocenters. The predicted molar refractivity (Wildman–Crippen MR) is 83.6 cm³/mol. The number of rotatable bonds is 6. The van der Waals surface area contributed by atoms with Crippen molar-refractivity contribution in [3.05, 3.63) is 47.4 Å². The van der Waals surface area contributed by atoms with Gasteiger partial charge in [-0.15, -0.1) is 0 Å². The summed E-state index contributed by atoms with van der Waals surface area (Å²) in [5.74, 6) is -1.96. The molecule has 0 N–H and O–H groups in total. The average Bonchev–Trinajstić information content (AvgIpc) is 2.95. The number of hydrogen-bond acceptors (Lipinski definition) is 6. The van der Waals surface area contributed by atoms with Gasteiger partial charge < -0.3 is 18.9 Å². The van der Waals surface area contributed by atoms with Gasteiger partial charge in [0.15, 0.2) is 5.78 Å². The van der Waals surface area contributed by atoms with Crippen molar-refractivity contribution in [2.24, 2.45) is 7.05 Å². The van der Waals surface area contributed by atoms with Crippen molar-refractivity contribution in [2.75, 3.05) is 28.3 Å². The molecular formula is C16H20N2O5. The maximum Gasteiger partial charge on any atom is 0.340 e. The molecular weight excluding hydrogens is 300 g/mol. The van der Waals surface area contributed by atoms with Crippen LogP contribution < -0.4 is 0 Å². The highest BCUT2D eigenvalue weighted by Crippen LogP contribution is 2.16. The van der Waals surface area contributed by atoms with Crippen LogP contribution in [0.15, 0.2) is 41.9 Å². The van der Waals surface area contributed by atoms with Gasteiger partial charge in [-0.25, -0.2) is 9.59 Å². The molecule has 0 spiro atoms. The van der Waals surface area contributed by atoms with Crippen LogP contribution in [0, 0.1) is 0 Å². The predicted octanol–water partition coefficient (Wildman–Crippen LogP) is 0.926. The highest BCUT2D eigenvalue weighted by Gasteiger charge is 2.24. The molecule has 1 rings (SSSR count). The first-order valence-corrected chi connectivity index (χ1v) is 6.73. The summed E-state index contributed by atoms with van der Waals surface area (Å²) in [5.41, 5.74) is 0.165. The molecule has 7 heteroatoms. The maximum absolute atomic E-state index is 12.3. The molecule has 0 aliphatic carbocycles. The van der Waals surface area contributed by atoms with Crippen molar-refractivity contribution in [2.45, 2.75) is 0 Å². The zero-order chi connectivity index (χ0) is 17.6. The summed E-state index contributed by atoms with van der Waals surface area (Å²) < 4.78 is 11.1. The fraction of sp³-hybridized carbons (Fsp3) is 0.312. The number of carbonyl (C=O) groups excluding carboxylic acids is 3. The van der Waals surface area contributed by atoms with E-state index in [0.29, 0.717) is 5.56 Å². The van der Waals surface area contributed by atoms with E-state index in [1.54, 1.807) is 49.1 Å². The number of allylic oxidation sites excluding steroid dienone is 1. The van der Waals surface area contributed by atoms with E-state index >= 15 is 0 Å². The Balaban J connectivity index is 3.36. The summed E-state index contributed by atoms with van der Waals surface area (Å²) in [4.78, 5) is 37.8. The summed E-state index contributed by atoms with van der Waals surface area (Å²) in [5, 5.41) is 0. The molecule has 23 heavy (non-hydrogen) atoms. The Hall–Kier alpha value is -2.83. The number of esters is 2. The van der Waals surface area contributed by atoms with Crippen LogP contribution in [-0.2, 0) is 26.1 Å². The summed E-state index contributed by atoms with van der Waals surface area (Å²) in [6, 6.07) is 1.61. The second-order valence-corrected chi connectivity index (χ2v) is 4.98. The Morgan fingerprint density at radius 1 is 1.09 bits per heavy atom. The van der Waals surface area contributed by atoms with Crippen LogP contribution in [0.5, 0.6) is 0 Å². The van der Waals surface area contributed by atoms with Crippen LogP contribution >= 0.6 is 0 Å². The number of aryl methyl sites for hydroxylation is 1. The Morgan fingerprint density at radius 3 is 2.09 bits per heavy atom. The van der Waals surface area contributed by atoms with E-state index in [-0.39, 0.29) is 11.1 Å². The molecule has 0 aliphatic rings. The second kappa shape index (κ2) is 7.98. The van der Waals surface area contributed by atoms with Gasteiger partial charge in [-0.05, 0) is 6.07 Å². The summed E-state index contributed by atoms with van der Waals surface area (Å²) in [7, 11) is 7.49. The molecule has 0 amide bonds. The minimum atomic E-state index is -0.798. The molecule has 124 valence electrons. The van der Waals surface area contributed by atoms with E-state index in [1.165, 1.54) is 20.4 Å². The Kier molecular flexibility index (Phi) is 6.32. The van der Waals surface area contributed by atoms with Gasteiger partial charge in [0, 0.05) is 51.4 Å². The van der Waals surface area contributed by atoms with Crippen molar-refractivity contribution in [3.63, 3.8) is 0 Å². The fourth-order valence-electron chi connectivity index (χ4n) is 1.82. The van der Waals surface area contributed by atoms with E-state index in [0.717, 1.165) is 6.08 Å². The first kappa shape index (κ1) is 18.2. The van der Waals surface area contributed by atoms with Gasteiger partial charge in [0.1, 0.15) is 0 Å². The van der Waals surface area contributed by atoms with Gasteiger partial charge in [0.25, 0.3) is 0 Å². The Bertz CT molecular complexity index is 668. The number of methoxy groups -OCH3 is 2. The molecule has 0 saturated carbocycles. The van der Waals surface area contributed by atoms with Crippen molar-refractivity contribution < 1.29 is 23.9 Å². The number of nitrogens with zero attached hydrogens (tertiary/aromatic N) is 2. The molecule has 0 aliphatic heterocycles. The topological polar surface area (TPSA) is 77.8 Å². The van der Waals surface area contributed by atoms with E-state index < -0.39 is 17.7 Å². The van der Waals surface area contributed by atoms with Crippen LogP contribution in [0.25, 0.3) is 0 Å². The Morgan fingerprint density at radius 2 is 1.65 bits per heavy atom. The Labute approximate surface area is 134 Å². The van der Waals surface area contributed by atoms with Crippen molar-refractivity contribution in [1.82, 2.24) is 9.47 Å². The number of ether oxygens (including phenoxy) is 2. The lowest BCUT2D eigenvalue weighted by atomic mass is 10.0. The van der Waals surface area contributed by atoms with Gasteiger partial charge in [-0.3, -0.25) is 4.79 Å². The maximum atomic E-state index is 12.3. The van der Waals surface area contributed by atoms with Crippen LogP contribution in [0.1, 0.15) is 10.4 Å². The third-order valence-corrected chi connectivity index (χ3v) is 2.88. The molecule has 0 aromatic carbocycles. The van der Waals surface area contributed by atoms with Crippen molar-refractivity contribution >= 4 is 17.7 Å². The van der Waals surface area contributed by atoms with E-state index in [9.17, 15) is 14.4 Å². The quantitative estimate of drug-likeness (QED) is 0.336. The molecule has 0 fully saturated rings. The molecule has 1 aromatic heterocycles. The average molecular weight is 320 g/mol. The molecule has 7 nitrogen and oxygen atoms in total. The van der Waals surface area contributed by atoms with Crippen LogP contribution in [0.3, 0.4) is 0 Å². The standard InChI is InChI=1S/C16H20N2O5/c1-17(2)10-13(16(21)23-5)12(15(20)22-4)8-14(19)11-6-7-18(3)9-11/h6-10H,1-5H3/b12-8+,13-10+. The fourth-order valence-corrected chi connectivity index (χ4v) is 1.82. The number of aromatic nitrogens is 1. The largest absolute Gasteiger partial charge is 0.465 e. The van der Waals surface area contributed by atoms with E-state index in [2.05, 4.69) is 9.47 Å². The van der Waals surface area contributed by atoms with Crippen LogP contribution in [-0.4, -0.2) is 55.5 Å². The van der Waals surface area contributed by atoms with E-state index in [1.807, 2.05) is 0 Å². The lowest BCUT2D eigenvalue weighted by Crippen LogP contribution is -2.19. The monoisotopic (exact) mass is 320 g/mol. The van der Waals surface area contributed by atoms with E-state index in [4.69, 9.17) is 0 Å². The lowest BCUT2D eigenvalue weighted by Gasteiger charge is -2.12. The summed E-state index contributed by atoms with van der Waals surface area (Å²) in [6.45, 7) is 0. The highest BCUT2D eigenvalue weighted by atomic mass is 16.5. The molecule has 1 heterocycles. The minimum absolute atomic E-state index is 0.0615. The van der Waals surface area contributed by atoms with Crippen LogP contribution in [0.4, 0.5) is 0 Å². The lowest BCUT2D eigenvalue weighted by molar-refractivity contribution is -0.139. The molecule has 0 saturated heterocycles. The van der Waals surface area contributed by atoms with Gasteiger partial charge in [-0.2, -0.15) is 0 Å². The molecule has 0 atom stereocenters. The van der Waals surface area contributed by atoms with Gasteiger partial charge in [-0.1, -0.05) is 0 Å². The molecule has 0 radical (unpaired) electrons. The minimum Gasteiger partial charge on any atom is -0.465 e. The first-order valence-electron chi connectivity index (χ1n) is 6.73.